The van der Waals surface area contributed by atoms with Crippen molar-refractivity contribution < 1.29 is 4.79 Å². The Kier molecular flexibility index (Phi) is 3.92. The highest BCUT2D eigenvalue weighted by Crippen LogP contribution is 2.65. The summed E-state index contributed by atoms with van der Waals surface area (Å²) in [5.41, 5.74) is 0.693. The van der Waals surface area contributed by atoms with Crippen molar-refractivity contribution in [2.24, 2.45) is 22.7 Å². The summed E-state index contributed by atoms with van der Waals surface area (Å²) in [5.74, 6) is 1.29. The summed E-state index contributed by atoms with van der Waals surface area (Å²) in [6, 6.07) is 0.402. The fourth-order valence-corrected chi connectivity index (χ4v) is 4.59. The monoisotopic (exact) mass is 286 g/mol. The summed E-state index contributed by atoms with van der Waals surface area (Å²) >= 11 is 0. The molecule has 1 amide bonds. The number of fused-ring (bicyclic) bond motifs is 2. The standard InChI is InChI=1S/C15H26N2O.ClH/c1-14(2)11-4-6-15(14,3)12(8-11)17-13(18)10-5-7-16-9-10;/h10-12,16H,4-9H2,1-3H3,(H,17,18);1H. The zero-order valence-corrected chi connectivity index (χ0v) is 13.1. The molecule has 0 spiro atoms. The van der Waals surface area contributed by atoms with Gasteiger partial charge in [-0.05, 0) is 49.0 Å². The van der Waals surface area contributed by atoms with Gasteiger partial charge in [-0.2, -0.15) is 0 Å². The first-order valence-corrected chi connectivity index (χ1v) is 7.46. The normalized spacial score (nSPS) is 43.0. The van der Waals surface area contributed by atoms with E-state index in [2.05, 4.69) is 31.4 Å². The van der Waals surface area contributed by atoms with Crippen LogP contribution in [0, 0.1) is 22.7 Å². The Morgan fingerprint density at radius 1 is 1.26 bits per heavy atom. The maximum absolute atomic E-state index is 12.3. The molecule has 2 N–H and O–H groups in total. The maximum Gasteiger partial charge on any atom is 0.224 e. The van der Waals surface area contributed by atoms with Crippen LogP contribution in [0.2, 0.25) is 0 Å². The lowest BCUT2D eigenvalue weighted by Crippen LogP contribution is -2.48. The lowest BCUT2D eigenvalue weighted by Gasteiger charge is -2.39. The number of hydrogen-bond donors (Lipinski definition) is 2. The second-order valence-electron chi connectivity index (χ2n) is 7.36. The van der Waals surface area contributed by atoms with Crippen molar-refractivity contribution in [1.29, 1.82) is 0 Å². The van der Waals surface area contributed by atoms with Gasteiger partial charge in [0.05, 0.1) is 5.92 Å². The molecule has 1 aliphatic heterocycles. The minimum absolute atomic E-state index is 0. The van der Waals surface area contributed by atoms with Crippen molar-refractivity contribution in [3.05, 3.63) is 0 Å². The van der Waals surface area contributed by atoms with Gasteiger partial charge in [0.2, 0.25) is 5.91 Å². The maximum atomic E-state index is 12.3. The highest BCUT2D eigenvalue weighted by atomic mass is 35.5. The average molecular weight is 287 g/mol. The van der Waals surface area contributed by atoms with Gasteiger partial charge in [0, 0.05) is 12.6 Å². The molecule has 3 rings (SSSR count). The summed E-state index contributed by atoms with van der Waals surface area (Å²) in [4.78, 5) is 12.3. The number of hydrogen-bond acceptors (Lipinski definition) is 2. The Bertz CT molecular complexity index is 365. The molecule has 4 atom stereocenters. The molecule has 4 unspecified atom stereocenters. The van der Waals surface area contributed by atoms with E-state index < -0.39 is 0 Å². The first-order valence-electron chi connectivity index (χ1n) is 7.46. The second kappa shape index (κ2) is 4.92. The SMILES string of the molecule is CC1(C)C2CCC1(C)C(NC(=O)C1CCNC1)C2.Cl. The fraction of sp³-hybridized carbons (Fsp3) is 0.933. The molecule has 0 aromatic heterocycles. The zero-order chi connectivity index (χ0) is 13.0. The molecule has 2 bridgehead atoms. The topological polar surface area (TPSA) is 41.1 Å². The predicted molar refractivity (Wildman–Crippen MR) is 79.4 cm³/mol. The Morgan fingerprint density at radius 3 is 2.47 bits per heavy atom. The van der Waals surface area contributed by atoms with Crippen molar-refractivity contribution >= 4 is 18.3 Å². The largest absolute Gasteiger partial charge is 0.353 e. The van der Waals surface area contributed by atoms with E-state index >= 15 is 0 Å². The minimum atomic E-state index is 0. The van der Waals surface area contributed by atoms with Crippen LogP contribution < -0.4 is 10.6 Å². The van der Waals surface area contributed by atoms with Crippen LogP contribution in [0.3, 0.4) is 0 Å². The van der Waals surface area contributed by atoms with Crippen LogP contribution >= 0.6 is 12.4 Å². The van der Waals surface area contributed by atoms with Crippen LogP contribution in [0.5, 0.6) is 0 Å². The van der Waals surface area contributed by atoms with Gasteiger partial charge in [0.25, 0.3) is 0 Å². The van der Waals surface area contributed by atoms with Crippen LogP contribution in [0.4, 0.5) is 0 Å². The smallest absolute Gasteiger partial charge is 0.224 e. The summed E-state index contributed by atoms with van der Waals surface area (Å²) in [7, 11) is 0. The van der Waals surface area contributed by atoms with Gasteiger partial charge >= 0.3 is 0 Å². The van der Waals surface area contributed by atoms with Gasteiger partial charge < -0.3 is 10.6 Å². The van der Waals surface area contributed by atoms with Gasteiger partial charge in [-0.25, -0.2) is 0 Å². The molecule has 1 heterocycles. The van der Waals surface area contributed by atoms with E-state index in [1.54, 1.807) is 0 Å². The Hall–Kier alpha value is -0.280. The Morgan fingerprint density at radius 2 is 2.00 bits per heavy atom. The molecule has 3 aliphatic rings. The molecular weight excluding hydrogens is 260 g/mol. The lowest BCUT2D eigenvalue weighted by molar-refractivity contribution is -0.126. The number of carbonyl (C=O) groups excluding carboxylic acids is 1. The van der Waals surface area contributed by atoms with Gasteiger partial charge in [0.15, 0.2) is 0 Å². The van der Waals surface area contributed by atoms with Gasteiger partial charge in [0.1, 0.15) is 0 Å². The van der Waals surface area contributed by atoms with E-state index in [4.69, 9.17) is 0 Å². The number of rotatable bonds is 2. The predicted octanol–water partition coefficient (Wildman–Crippen LogP) is 2.35. The van der Waals surface area contributed by atoms with E-state index in [0.29, 0.717) is 16.9 Å². The number of nitrogens with one attached hydrogen (secondary N) is 2. The van der Waals surface area contributed by atoms with Crippen LogP contribution in [0.15, 0.2) is 0 Å². The van der Waals surface area contributed by atoms with E-state index in [0.717, 1.165) is 25.4 Å². The van der Waals surface area contributed by atoms with Crippen LogP contribution in [-0.4, -0.2) is 25.0 Å². The van der Waals surface area contributed by atoms with Crippen LogP contribution in [0.25, 0.3) is 0 Å². The molecule has 0 aromatic rings. The third-order valence-electron chi connectivity index (χ3n) is 6.54. The van der Waals surface area contributed by atoms with Crippen molar-refractivity contribution in [1.82, 2.24) is 10.6 Å². The number of halogens is 1. The van der Waals surface area contributed by atoms with Crippen LogP contribution in [0.1, 0.15) is 46.5 Å². The fourth-order valence-electron chi connectivity index (χ4n) is 4.59. The molecule has 1 saturated heterocycles. The third kappa shape index (κ3) is 2.09. The quantitative estimate of drug-likeness (QED) is 0.818. The molecule has 3 fully saturated rings. The van der Waals surface area contributed by atoms with E-state index in [9.17, 15) is 4.79 Å². The van der Waals surface area contributed by atoms with Gasteiger partial charge in [-0.3, -0.25) is 4.79 Å². The molecular formula is C15H27ClN2O. The molecule has 110 valence electrons. The van der Waals surface area contributed by atoms with E-state index in [-0.39, 0.29) is 24.2 Å². The van der Waals surface area contributed by atoms with Crippen molar-refractivity contribution in [3.8, 4) is 0 Å². The summed E-state index contributed by atoms with van der Waals surface area (Å²) in [6.07, 6.45) is 4.82. The third-order valence-corrected chi connectivity index (χ3v) is 6.54. The molecule has 19 heavy (non-hydrogen) atoms. The molecule has 2 aliphatic carbocycles. The summed E-state index contributed by atoms with van der Waals surface area (Å²) in [6.45, 7) is 9.04. The summed E-state index contributed by atoms with van der Waals surface area (Å²) < 4.78 is 0. The molecule has 4 heteroatoms. The molecule has 0 aromatic carbocycles. The first kappa shape index (κ1) is 15.1. The minimum Gasteiger partial charge on any atom is -0.353 e. The molecule has 3 nitrogen and oxygen atoms in total. The van der Waals surface area contributed by atoms with Crippen LogP contribution in [-0.2, 0) is 4.79 Å². The Labute approximate surface area is 122 Å². The van der Waals surface area contributed by atoms with Gasteiger partial charge in [-0.1, -0.05) is 20.8 Å². The highest BCUT2D eigenvalue weighted by Gasteiger charge is 2.61. The second-order valence-corrected chi connectivity index (χ2v) is 7.36. The zero-order valence-electron chi connectivity index (χ0n) is 12.3. The number of carbonyl (C=O) groups is 1. The first-order chi connectivity index (χ1) is 8.45. The summed E-state index contributed by atoms with van der Waals surface area (Å²) in [5, 5.41) is 6.65. The van der Waals surface area contributed by atoms with Crippen molar-refractivity contribution in [2.45, 2.75) is 52.5 Å². The average Bonchev–Trinajstić information content (AvgIpc) is 2.95. The van der Waals surface area contributed by atoms with Crippen molar-refractivity contribution in [3.63, 3.8) is 0 Å². The van der Waals surface area contributed by atoms with Gasteiger partial charge in [-0.15, -0.1) is 12.4 Å². The van der Waals surface area contributed by atoms with Crippen molar-refractivity contribution in [2.75, 3.05) is 13.1 Å². The van der Waals surface area contributed by atoms with E-state index in [1.807, 2.05) is 0 Å². The lowest BCUT2D eigenvalue weighted by atomic mass is 9.69. The number of amides is 1. The highest BCUT2D eigenvalue weighted by molar-refractivity contribution is 5.85. The molecule has 2 saturated carbocycles. The van der Waals surface area contributed by atoms with E-state index in [1.165, 1.54) is 19.3 Å². The molecule has 0 radical (unpaired) electrons. The Balaban J connectivity index is 0.00000133.